The van der Waals surface area contributed by atoms with E-state index in [0.29, 0.717) is 17.2 Å². The van der Waals surface area contributed by atoms with Crippen molar-refractivity contribution in [3.05, 3.63) is 0 Å². The van der Waals surface area contributed by atoms with E-state index in [1.54, 1.807) is 0 Å². The van der Waals surface area contributed by atoms with Gasteiger partial charge in [0.15, 0.2) is 0 Å². The second-order valence-corrected chi connectivity index (χ2v) is 10.7. The zero-order chi connectivity index (χ0) is 18.4. The molecule has 2 unspecified atom stereocenters. The summed E-state index contributed by atoms with van der Waals surface area (Å²) in [5, 5.41) is 3.26. The maximum atomic E-state index is 13.1. The lowest BCUT2D eigenvalue weighted by Crippen LogP contribution is -2.58. The summed E-state index contributed by atoms with van der Waals surface area (Å²) in [5.41, 5.74) is 0.226. The van der Waals surface area contributed by atoms with Crippen LogP contribution in [0.15, 0.2) is 0 Å². The lowest BCUT2D eigenvalue weighted by Gasteiger charge is -2.61. The minimum Gasteiger partial charge on any atom is -0.353 e. The summed E-state index contributed by atoms with van der Waals surface area (Å²) in [5.74, 6) is 4.43. The van der Waals surface area contributed by atoms with E-state index in [0.717, 1.165) is 30.1 Å². The first kappa shape index (κ1) is 19.2. The Morgan fingerprint density at radius 1 is 1.00 bits per heavy atom. The maximum Gasteiger partial charge on any atom is 0.226 e. The summed E-state index contributed by atoms with van der Waals surface area (Å²) < 4.78 is 0. The molecule has 0 aromatic heterocycles. The van der Waals surface area contributed by atoms with Crippen LogP contribution in [0.5, 0.6) is 0 Å². The fourth-order valence-electron chi connectivity index (χ4n) is 7.18. The van der Waals surface area contributed by atoms with E-state index in [2.05, 4.69) is 46.9 Å². The van der Waals surface area contributed by atoms with Gasteiger partial charge in [-0.25, -0.2) is 0 Å². The number of hydrogen-bond donors (Lipinski definition) is 1. The van der Waals surface area contributed by atoms with Gasteiger partial charge in [-0.15, -0.1) is 0 Å². The summed E-state index contributed by atoms with van der Waals surface area (Å²) in [6, 6.07) is 0.246. The van der Waals surface area contributed by atoms with E-state index in [1.807, 2.05) is 0 Å². The highest BCUT2D eigenvalue weighted by atomic mass is 16.2. The lowest BCUT2D eigenvalue weighted by atomic mass is 9.43. The molecule has 6 atom stereocenters. The Bertz CT molecular complexity index is 498. The molecule has 2 nitrogen and oxygen atoms in total. The first-order chi connectivity index (χ1) is 11.7. The number of carbonyl (C=O) groups is 1. The highest BCUT2D eigenvalue weighted by Gasteiger charge is 2.59. The van der Waals surface area contributed by atoms with Gasteiger partial charge in [0, 0.05) is 11.5 Å². The van der Waals surface area contributed by atoms with Crippen LogP contribution in [0.2, 0.25) is 0 Å². The van der Waals surface area contributed by atoms with Crippen LogP contribution >= 0.6 is 0 Å². The van der Waals surface area contributed by atoms with Crippen molar-refractivity contribution in [3.63, 3.8) is 0 Å². The van der Waals surface area contributed by atoms with Crippen LogP contribution in [0, 0.1) is 40.4 Å². The summed E-state index contributed by atoms with van der Waals surface area (Å²) in [6.07, 6.45) is 10.5. The van der Waals surface area contributed by atoms with Gasteiger partial charge >= 0.3 is 0 Å². The third kappa shape index (κ3) is 3.28. The molecule has 0 bridgehead atoms. The summed E-state index contributed by atoms with van der Waals surface area (Å²) >= 11 is 0. The van der Waals surface area contributed by atoms with Crippen LogP contribution < -0.4 is 5.32 Å². The molecule has 0 spiro atoms. The molecule has 0 aromatic rings. The standard InChI is InChI=1S/C23H41NO/c1-15(2)17-8-10-19-18(14-17)9-11-20-22(19,5)12-7-13-23(20,6)21(25)24-16(3)4/h15-20H,7-14H2,1-6H3,(H,24,25)/t17?,18?,19-,20+,22+,23+/m0/s1. The summed E-state index contributed by atoms with van der Waals surface area (Å²) in [4.78, 5) is 13.1. The van der Waals surface area contributed by atoms with Crippen LogP contribution in [-0.2, 0) is 4.79 Å². The van der Waals surface area contributed by atoms with Gasteiger partial charge in [-0.1, -0.05) is 34.1 Å². The highest BCUT2D eigenvalue weighted by Crippen LogP contribution is 2.64. The predicted octanol–water partition coefficient (Wildman–Crippen LogP) is 5.81. The van der Waals surface area contributed by atoms with Gasteiger partial charge in [-0.3, -0.25) is 4.79 Å². The summed E-state index contributed by atoms with van der Waals surface area (Å²) in [6.45, 7) is 13.8. The predicted molar refractivity (Wildman–Crippen MR) is 105 cm³/mol. The molecule has 3 rings (SSSR count). The van der Waals surface area contributed by atoms with Crippen molar-refractivity contribution in [2.45, 2.75) is 99.0 Å². The zero-order valence-corrected chi connectivity index (χ0v) is 17.5. The molecule has 0 aliphatic heterocycles. The Labute approximate surface area is 155 Å². The second-order valence-electron chi connectivity index (χ2n) is 10.7. The Hall–Kier alpha value is -0.530. The SMILES string of the molecule is CC(C)NC(=O)[C@]1(C)CCC[C@@]2(C)[C@H]1CCC1CC(C(C)C)CC[C@@H]12. The fraction of sp³-hybridized carbons (Fsp3) is 0.957. The molecular weight excluding hydrogens is 306 g/mol. The molecule has 0 radical (unpaired) electrons. The molecule has 2 heteroatoms. The first-order valence-electron chi connectivity index (χ1n) is 11.0. The topological polar surface area (TPSA) is 29.1 Å². The van der Waals surface area contributed by atoms with Gasteiger partial charge in [-0.2, -0.15) is 0 Å². The van der Waals surface area contributed by atoms with Crippen LogP contribution in [-0.4, -0.2) is 11.9 Å². The zero-order valence-electron chi connectivity index (χ0n) is 17.5. The molecule has 1 amide bonds. The quantitative estimate of drug-likeness (QED) is 0.686. The van der Waals surface area contributed by atoms with Crippen molar-refractivity contribution >= 4 is 5.91 Å². The van der Waals surface area contributed by atoms with Gasteiger partial charge < -0.3 is 5.32 Å². The molecule has 3 aliphatic carbocycles. The Kier molecular flexibility index (Phi) is 5.30. The van der Waals surface area contributed by atoms with Crippen LogP contribution in [0.4, 0.5) is 0 Å². The van der Waals surface area contributed by atoms with Crippen LogP contribution in [0.3, 0.4) is 0 Å². The van der Waals surface area contributed by atoms with Crippen molar-refractivity contribution in [3.8, 4) is 0 Å². The van der Waals surface area contributed by atoms with Gasteiger partial charge in [0.1, 0.15) is 0 Å². The number of amides is 1. The molecule has 3 saturated carbocycles. The Morgan fingerprint density at radius 2 is 1.72 bits per heavy atom. The monoisotopic (exact) mass is 347 g/mol. The maximum absolute atomic E-state index is 13.1. The number of fused-ring (bicyclic) bond motifs is 3. The summed E-state index contributed by atoms with van der Waals surface area (Å²) in [7, 11) is 0. The van der Waals surface area contributed by atoms with Crippen molar-refractivity contribution < 1.29 is 4.79 Å². The average Bonchev–Trinajstić information content (AvgIpc) is 2.53. The molecule has 144 valence electrons. The Balaban J connectivity index is 1.83. The third-order valence-corrected chi connectivity index (χ3v) is 8.55. The molecule has 3 fully saturated rings. The van der Waals surface area contributed by atoms with Gasteiger partial charge in [0.2, 0.25) is 5.91 Å². The van der Waals surface area contributed by atoms with Crippen molar-refractivity contribution in [1.29, 1.82) is 0 Å². The number of carbonyl (C=O) groups excluding carboxylic acids is 1. The largest absolute Gasteiger partial charge is 0.353 e. The van der Waals surface area contributed by atoms with E-state index < -0.39 is 0 Å². The van der Waals surface area contributed by atoms with Crippen LogP contribution in [0.1, 0.15) is 92.9 Å². The number of nitrogens with one attached hydrogen (secondary N) is 1. The van der Waals surface area contributed by atoms with E-state index in [1.165, 1.54) is 44.9 Å². The van der Waals surface area contributed by atoms with E-state index in [9.17, 15) is 4.79 Å². The van der Waals surface area contributed by atoms with Gasteiger partial charge in [0.25, 0.3) is 0 Å². The molecule has 25 heavy (non-hydrogen) atoms. The average molecular weight is 348 g/mol. The minimum atomic E-state index is -0.156. The van der Waals surface area contributed by atoms with Crippen LogP contribution in [0.25, 0.3) is 0 Å². The Morgan fingerprint density at radius 3 is 2.36 bits per heavy atom. The molecular formula is C23H41NO. The van der Waals surface area contributed by atoms with Crippen molar-refractivity contribution in [2.24, 2.45) is 40.4 Å². The van der Waals surface area contributed by atoms with Gasteiger partial charge in [0.05, 0.1) is 0 Å². The van der Waals surface area contributed by atoms with E-state index in [-0.39, 0.29) is 11.5 Å². The van der Waals surface area contributed by atoms with Crippen molar-refractivity contribution in [1.82, 2.24) is 5.32 Å². The molecule has 3 aliphatic rings. The number of rotatable bonds is 3. The highest BCUT2D eigenvalue weighted by molar-refractivity contribution is 5.83. The van der Waals surface area contributed by atoms with E-state index >= 15 is 0 Å². The fourth-order valence-corrected chi connectivity index (χ4v) is 7.18. The van der Waals surface area contributed by atoms with Gasteiger partial charge in [-0.05, 0) is 93.8 Å². The normalized spacial score (nSPS) is 44.3. The lowest BCUT2D eigenvalue weighted by molar-refractivity contribution is -0.157. The smallest absolute Gasteiger partial charge is 0.226 e. The second kappa shape index (κ2) is 6.89. The molecule has 0 saturated heterocycles. The number of hydrogen-bond acceptors (Lipinski definition) is 1. The molecule has 0 aromatic carbocycles. The first-order valence-corrected chi connectivity index (χ1v) is 11.0. The molecule has 0 heterocycles. The van der Waals surface area contributed by atoms with E-state index in [4.69, 9.17) is 0 Å². The molecule has 1 N–H and O–H groups in total. The third-order valence-electron chi connectivity index (χ3n) is 8.55. The van der Waals surface area contributed by atoms with Crippen molar-refractivity contribution in [2.75, 3.05) is 0 Å². The minimum absolute atomic E-state index is 0.156.